The van der Waals surface area contributed by atoms with Crippen molar-refractivity contribution in [1.82, 2.24) is 9.97 Å². The molecule has 0 aliphatic carbocycles. The Morgan fingerprint density at radius 1 is 0.933 bits per heavy atom. The molecule has 0 bridgehead atoms. The molecule has 0 aromatic carbocycles. The molecule has 2 aromatic rings. The van der Waals surface area contributed by atoms with Gasteiger partial charge in [-0.15, -0.1) is 0 Å². The van der Waals surface area contributed by atoms with E-state index in [1.165, 1.54) is 22.5 Å². The first-order valence-electron chi connectivity index (χ1n) is 5.38. The second-order valence-corrected chi connectivity index (χ2v) is 3.77. The fraction of sp³-hybridized carbons (Fsp3) is 0.385. The second kappa shape index (κ2) is 5.44. The number of aromatic nitrogens is 2. The monoisotopic (exact) mass is 204 g/mol. The first kappa shape index (κ1) is 11.6. The third-order valence-electron chi connectivity index (χ3n) is 2.67. The fourth-order valence-corrected chi connectivity index (χ4v) is 1.40. The molecule has 0 spiro atoms. The van der Waals surface area contributed by atoms with Crippen LogP contribution in [0.15, 0.2) is 24.5 Å². The van der Waals surface area contributed by atoms with E-state index in [1.54, 1.807) is 0 Å². The molecule has 0 aliphatic rings. The minimum Gasteiger partial charge on any atom is -0.365 e. The predicted molar refractivity (Wildman–Crippen MR) is 65.2 cm³/mol. The Labute approximate surface area is 91.7 Å². The zero-order chi connectivity index (χ0) is 11.3. The quantitative estimate of drug-likeness (QED) is 0.712. The van der Waals surface area contributed by atoms with Crippen molar-refractivity contribution in [3.8, 4) is 0 Å². The van der Waals surface area contributed by atoms with Crippen molar-refractivity contribution < 1.29 is 0 Å². The summed E-state index contributed by atoms with van der Waals surface area (Å²) in [6.07, 6.45) is 5.06. The summed E-state index contributed by atoms with van der Waals surface area (Å²) in [6, 6.07) is 4.19. The minimum absolute atomic E-state index is 1.13. The Hall–Kier alpha value is -1.44. The smallest absolute Gasteiger partial charge is 0.0147 e. The number of aryl methyl sites for hydroxylation is 4. The normalized spacial score (nSPS) is 9.60. The molecule has 2 heterocycles. The lowest BCUT2D eigenvalue weighted by Gasteiger charge is -1.88. The van der Waals surface area contributed by atoms with Gasteiger partial charge in [0.2, 0.25) is 0 Å². The van der Waals surface area contributed by atoms with Crippen molar-refractivity contribution in [2.45, 2.75) is 34.1 Å². The van der Waals surface area contributed by atoms with Crippen LogP contribution in [-0.4, -0.2) is 9.97 Å². The molecular weight excluding hydrogens is 184 g/mol. The zero-order valence-corrected chi connectivity index (χ0v) is 10.0. The van der Waals surface area contributed by atoms with Crippen molar-refractivity contribution in [3.63, 3.8) is 0 Å². The Morgan fingerprint density at radius 2 is 1.53 bits per heavy atom. The van der Waals surface area contributed by atoms with Gasteiger partial charge in [-0.1, -0.05) is 6.92 Å². The van der Waals surface area contributed by atoms with Gasteiger partial charge in [-0.2, -0.15) is 0 Å². The van der Waals surface area contributed by atoms with Crippen molar-refractivity contribution >= 4 is 0 Å². The summed E-state index contributed by atoms with van der Waals surface area (Å²) in [5.74, 6) is 0. The number of aromatic amines is 2. The largest absolute Gasteiger partial charge is 0.365 e. The summed E-state index contributed by atoms with van der Waals surface area (Å²) in [5, 5.41) is 0. The van der Waals surface area contributed by atoms with Crippen molar-refractivity contribution in [2.24, 2.45) is 0 Å². The van der Waals surface area contributed by atoms with Crippen LogP contribution in [0, 0.1) is 20.8 Å². The van der Waals surface area contributed by atoms with E-state index in [2.05, 4.69) is 49.8 Å². The summed E-state index contributed by atoms with van der Waals surface area (Å²) >= 11 is 0. The molecule has 2 heteroatoms. The van der Waals surface area contributed by atoms with Gasteiger partial charge in [0.05, 0.1) is 0 Å². The van der Waals surface area contributed by atoms with Crippen molar-refractivity contribution in [3.05, 3.63) is 47.0 Å². The molecular formula is C13H20N2. The molecule has 0 amide bonds. The SMILES string of the molecule is CCc1cc[nH]c1C.Cc1cc[nH]c1C. The second-order valence-electron chi connectivity index (χ2n) is 3.77. The number of H-pyrrole nitrogens is 2. The maximum absolute atomic E-state index is 3.12. The highest BCUT2D eigenvalue weighted by Gasteiger charge is 1.91. The van der Waals surface area contributed by atoms with Gasteiger partial charge in [0.15, 0.2) is 0 Å². The molecule has 2 aromatic heterocycles. The minimum atomic E-state index is 1.13. The van der Waals surface area contributed by atoms with Gasteiger partial charge in [0.25, 0.3) is 0 Å². The van der Waals surface area contributed by atoms with Crippen LogP contribution < -0.4 is 0 Å². The van der Waals surface area contributed by atoms with Crippen LogP contribution in [0.5, 0.6) is 0 Å². The van der Waals surface area contributed by atoms with Crippen LogP contribution in [0.1, 0.15) is 29.4 Å². The van der Waals surface area contributed by atoms with Gasteiger partial charge in [0, 0.05) is 23.8 Å². The third-order valence-corrected chi connectivity index (χ3v) is 2.67. The highest BCUT2D eigenvalue weighted by atomic mass is 14.7. The first-order chi connectivity index (χ1) is 7.15. The van der Waals surface area contributed by atoms with Gasteiger partial charge in [0.1, 0.15) is 0 Å². The maximum atomic E-state index is 3.12. The number of hydrogen-bond donors (Lipinski definition) is 2. The average Bonchev–Trinajstić information content (AvgIpc) is 2.78. The van der Waals surface area contributed by atoms with E-state index in [-0.39, 0.29) is 0 Å². The molecule has 82 valence electrons. The van der Waals surface area contributed by atoms with Crippen LogP contribution in [0.25, 0.3) is 0 Å². The molecule has 2 N–H and O–H groups in total. The maximum Gasteiger partial charge on any atom is 0.0147 e. The number of nitrogens with one attached hydrogen (secondary N) is 2. The van der Waals surface area contributed by atoms with Crippen LogP contribution in [-0.2, 0) is 6.42 Å². The predicted octanol–water partition coefficient (Wildman–Crippen LogP) is 3.52. The molecule has 2 nitrogen and oxygen atoms in total. The third kappa shape index (κ3) is 3.31. The highest BCUT2D eigenvalue weighted by Crippen LogP contribution is 2.03. The van der Waals surface area contributed by atoms with Gasteiger partial charge < -0.3 is 9.97 Å². The van der Waals surface area contributed by atoms with Gasteiger partial charge in [-0.25, -0.2) is 0 Å². The van der Waals surface area contributed by atoms with E-state index in [9.17, 15) is 0 Å². The van der Waals surface area contributed by atoms with Crippen molar-refractivity contribution in [1.29, 1.82) is 0 Å². The molecule has 0 saturated heterocycles. The van der Waals surface area contributed by atoms with Crippen LogP contribution >= 0.6 is 0 Å². The summed E-state index contributed by atoms with van der Waals surface area (Å²) in [5.41, 5.74) is 5.32. The Bertz CT molecular complexity index is 380. The lowest BCUT2D eigenvalue weighted by atomic mass is 10.2. The lowest BCUT2D eigenvalue weighted by Crippen LogP contribution is -1.77. The average molecular weight is 204 g/mol. The molecule has 0 radical (unpaired) electrons. The molecule has 2 rings (SSSR count). The van der Waals surface area contributed by atoms with Gasteiger partial charge in [-0.05, 0) is 50.5 Å². The summed E-state index contributed by atoms with van der Waals surface area (Å²) < 4.78 is 0. The standard InChI is InChI=1S/C7H11N.C6H9N/c1-3-7-4-5-8-6(7)2;1-5-3-4-7-6(5)2/h4-5,8H,3H2,1-2H3;3-4,7H,1-2H3. The van der Waals surface area contributed by atoms with E-state index < -0.39 is 0 Å². The van der Waals surface area contributed by atoms with Crippen molar-refractivity contribution in [2.75, 3.05) is 0 Å². The van der Waals surface area contributed by atoms with E-state index >= 15 is 0 Å². The molecule has 0 saturated carbocycles. The Balaban J connectivity index is 0.000000151. The van der Waals surface area contributed by atoms with E-state index in [0.29, 0.717) is 0 Å². The lowest BCUT2D eigenvalue weighted by molar-refractivity contribution is 1.10. The number of rotatable bonds is 1. The first-order valence-corrected chi connectivity index (χ1v) is 5.38. The molecule has 0 unspecified atom stereocenters. The van der Waals surface area contributed by atoms with E-state index in [4.69, 9.17) is 0 Å². The molecule has 15 heavy (non-hydrogen) atoms. The zero-order valence-electron chi connectivity index (χ0n) is 10.0. The van der Waals surface area contributed by atoms with E-state index in [0.717, 1.165) is 6.42 Å². The van der Waals surface area contributed by atoms with E-state index in [1.807, 2.05) is 12.4 Å². The molecule has 0 fully saturated rings. The number of hydrogen-bond acceptors (Lipinski definition) is 0. The van der Waals surface area contributed by atoms with Crippen LogP contribution in [0.3, 0.4) is 0 Å². The summed E-state index contributed by atoms with van der Waals surface area (Å²) in [6.45, 7) is 8.41. The van der Waals surface area contributed by atoms with Crippen LogP contribution in [0.2, 0.25) is 0 Å². The molecule has 0 atom stereocenters. The summed E-state index contributed by atoms with van der Waals surface area (Å²) in [4.78, 5) is 6.19. The van der Waals surface area contributed by atoms with Gasteiger partial charge >= 0.3 is 0 Å². The Morgan fingerprint density at radius 3 is 1.73 bits per heavy atom. The van der Waals surface area contributed by atoms with Crippen LogP contribution in [0.4, 0.5) is 0 Å². The highest BCUT2D eigenvalue weighted by molar-refractivity contribution is 5.18. The summed E-state index contributed by atoms with van der Waals surface area (Å²) in [7, 11) is 0. The Kier molecular flexibility index (Phi) is 4.22. The topological polar surface area (TPSA) is 31.6 Å². The fourth-order valence-electron chi connectivity index (χ4n) is 1.40. The van der Waals surface area contributed by atoms with Gasteiger partial charge in [-0.3, -0.25) is 0 Å². The molecule has 0 aliphatic heterocycles.